The fourth-order valence-electron chi connectivity index (χ4n) is 2.60. The minimum atomic E-state index is -0.419. The van der Waals surface area contributed by atoms with Crippen molar-refractivity contribution in [2.75, 3.05) is 19.0 Å². The van der Waals surface area contributed by atoms with E-state index in [1.165, 1.54) is 11.3 Å². The first-order valence-electron chi connectivity index (χ1n) is 8.89. The van der Waals surface area contributed by atoms with Gasteiger partial charge in [-0.3, -0.25) is 0 Å². The molecule has 0 amide bonds. The second-order valence-corrected chi connectivity index (χ2v) is 6.71. The van der Waals surface area contributed by atoms with Crippen molar-refractivity contribution in [1.82, 2.24) is 4.98 Å². The standard InChI is InChI=1S/C22H19N3O3S/c1-3-28-22(26)18-9-4-5-10-19(18)24-13-16(12-23)21-25-20(14-29-21)15-7-6-8-17(11-15)27-2/h4-11,13-14,24H,3H2,1-2H3/b16-13-. The Labute approximate surface area is 173 Å². The zero-order chi connectivity index (χ0) is 20.6. The predicted molar refractivity (Wildman–Crippen MR) is 114 cm³/mol. The number of nitriles is 1. The molecule has 0 aliphatic carbocycles. The summed E-state index contributed by atoms with van der Waals surface area (Å²) in [6, 6.07) is 16.7. The maximum absolute atomic E-state index is 12.1. The molecule has 1 N–H and O–H groups in total. The van der Waals surface area contributed by atoms with Gasteiger partial charge < -0.3 is 14.8 Å². The Morgan fingerprint density at radius 1 is 1.28 bits per heavy atom. The number of allylic oxidation sites excluding steroid dienone is 1. The molecule has 0 fully saturated rings. The van der Waals surface area contributed by atoms with Crippen LogP contribution in [0.15, 0.2) is 60.1 Å². The van der Waals surface area contributed by atoms with Crippen molar-refractivity contribution >= 4 is 28.6 Å². The first-order chi connectivity index (χ1) is 14.2. The molecule has 3 rings (SSSR count). The largest absolute Gasteiger partial charge is 0.497 e. The van der Waals surface area contributed by atoms with Crippen molar-refractivity contribution in [3.63, 3.8) is 0 Å². The third kappa shape index (κ3) is 4.81. The van der Waals surface area contributed by atoms with Crippen molar-refractivity contribution in [3.8, 4) is 23.1 Å². The molecule has 0 saturated carbocycles. The van der Waals surface area contributed by atoms with Gasteiger partial charge in [0.1, 0.15) is 22.4 Å². The molecule has 6 nitrogen and oxygen atoms in total. The van der Waals surface area contributed by atoms with Crippen molar-refractivity contribution in [2.45, 2.75) is 6.92 Å². The number of thiazole rings is 1. The van der Waals surface area contributed by atoms with Crippen LogP contribution in [0.2, 0.25) is 0 Å². The summed E-state index contributed by atoms with van der Waals surface area (Å²) >= 11 is 1.37. The zero-order valence-electron chi connectivity index (χ0n) is 16.0. The van der Waals surface area contributed by atoms with Gasteiger partial charge in [0.05, 0.1) is 30.7 Å². The number of benzene rings is 2. The van der Waals surface area contributed by atoms with Crippen LogP contribution in [0, 0.1) is 11.3 Å². The number of carbonyl (C=O) groups excluding carboxylic acids is 1. The fourth-order valence-corrected chi connectivity index (χ4v) is 3.39. The van der Waals surface area contributed by atoms with Gasteiger partial charge in [-0.1, -0.05) is 24.3 Å². The molecule has 0 radical (unpaired) electrons. The molecule has 1 heterocycles. The topological polar surface area (TPSA) is 84.2 Å². The Kier molecular flexibility index (Phi) is 6.61. The summed E-state index contributed by atoms with van der Waals surface area (Å²) in [5, 5.41) is 15.1. The summed E-state index contributed by atoms with van der Waals surface area (Å²) in [6.07, 6.45) is 1.55. The van der Waals surface area contributed by atoms with Crippen molar-refractivity contribution in [2.24, 2.45) is 0 Å². The van der Waals surface area contributed by atoms with Crippen LogP contribution >= 0.6 is 11.3 Å². The van der Waals surface area contributed by atoms with Gasteiger partial charge in [0.15, 0.2) is 0 Å². The summed E-state index contributed by atoms with van der Waals surface area (Å²) in [5.41, 5.74) is 2.99. The van der Waals surface area contributed by atoms with Gasteiger partial charge in [-0.2, -0.15) is 5.26 Å². The molecule has 146 valence electrons. The van der Waals surface area contributed by atoms with E-state index in [0.717, 1.165) is 17.0 Å². The third-order valence-electron chi connectivity index (χ3n) is 4.01. The molecular weight excluding hydrogens is 386 g/mol. The predicted octanol–water partition coefficient (Wildman–Crippen LogP) is 4.97. The zero-order valence-corrected chi connectivity index (χ0v) is 16.8. The van der Waals surface area contributed by atoms with Crippen LogP contribution in [-0.4, -0.2) is 24.7 Å². The maximum atomic E-state index is 12.1. The minimum Gasteiger partial charge on any atom is -0.497 e. The second kappa shape index (κ2) is 9.53. The fraction of sp³-hybridized carbons (Fsp3) is 0.136. The highest BCUT2D eigenvalue weighted by atomic mass is 32.1. The first-order valence-corrected chi connectivity index (χ1v) is 9.77. The summed E-state index contributed by atoms with van der Waals surface area (Å²) in [5.74, 6) is 0.322. The molecule has 0 aliphatic rings. The number of ether oxygens (including phenoxy) is 2. The Bertz CT molecular complexity index is 1080. The summed E-state index contributed by atoms with van der Waals surface area (Å²) < 4.78 is 10.3. The number of methoxy groups -OCH3 is 1. The minimum absolute atomic E-state index is 0.290. The number of nitrogens with zero attached hydrogens (tertiary/aromatic N) is 2. The van der Waals surface area contributed by atoms with Crippen molar-refractivity contribution in [3.05, 3.63) is 70.7 Å². The number of hydrogen-bond donors (Lipinski definition) is 1. The first kappa shape index (κ1) is 20.1. The van der Waals surface area contributed by atoms with E-state index in [4.69, 9.17) is 9.47 Å². The van der Waals surface area contributed by atoms with Gasteiger partial charge in [-0.15, -0.1) is 11.3 Å². The molecule has 3 aromatic rings. The average Bonchev–Trinajstić information content (AvgIpc) is 3.25. The van der Waals surface area contributed by atoms with E-state index in [1.807, 2.05) is 29.6 Å². The molecule has 0 atom stereocenters. The number of anilines is 1. The van der Waals surface area contributed by atoms with E-state index < -0.39 is 5.97 Å². The van der Waals surface area contributed by atoms with Crippen LogP contribution in [0.5, 0.6) is 5.75 Å². The molecule has 0 bridgehead atoms. The molecule has 7 heteroatoms. The average molecular weight is 405 g/mol. The number of esters is 1. The molecule has 29 heavy (non-hydrogen) atoms. The molecule has 0 aliphatic heterocycles. The Hall–Kier alpha value is -3.63. The number of aromatic nitrogens is 1. The Morgan fingerprint density at radius 2 is 2.10 bits per heavy atom. The van der Waals surface area contributed by atoms with Gasteiger partial charge in [0.2, 0.25) is 0 Å². The number of para-hydroxylation sites is 1. The van der Waals surface area contributed by atoms with Gasteiger partial charge in [-0.25, -0.2) is 9.78 Å². The van der Waals surface area contributed by atoms with E-state index in [9.17, 15) is 10.1 Å². The van der Waals surface area contributed by atoms with E-state index in [-0.39, 0.29) is 0 Å². The van der Waals surface area contributed by atoms with Crippen LogP contribution in [0.25, 0.3) is 16.8 Å². The lowest BCUT2D eigenvalue weighted by Gasteiger charge is -2.08. The molecule has 0 unspecified atom stereocenters. The van der Waals surface area contributed by atoms with E-state index in [0.29, 0.717) is 28.4 Å². The number of carbonyl (C=O) groups is 1. The highest BCUT2D eigenvalue weighted by Crippen LogP contribution is 2.28. The van der Waals surface area contributed by atoms with Gasteiger partial charge in [-0.05, 0) is 31.2 Å². The highest BCUT2D eigenvalue weighted by molar-refractivity contribution is 7.11. The van der Waals surface area contributed by atoms with Crippen LogP contribution in [-0.2, 0) is 4.74 Å². The third-order valence-corrected chi connectivity index (χ3v) is 4.89. The van der Waals surface area contributed by atoms with E-state index >= 15 is 0 Å². The smallest absolute Gasteiger partial charge is 0.340 e. The monoisotopic (exact) mass is 405 g/mol. The van der Waals surface area contributed by atoms with Crippen molar-refractivity contribution < 1.29 is 14.3 Å². The summed E-state index contributed by atoms with van der Waals surface area (Å²) in [6.45, 7) is 2.04. The van der Waals surface area contributed by atoms with Gasteiger partial charge >= 0.3 is 5.97 Å². The number of nitrogens with one attached hydrogen (secondary N) is 1. The van der Waals surface area contributed by atoms with Crippen LogP contribution in [0.3, 0.4) is 0 Å². The Balaban J connectivity index is 1.84. The van der Waals surface area contributed by atoms with Crippen molar-refractivity contribution in [1.29, 1.82) is 5.26 Å². The maximum Gasteiger partial charge on any atom is 0.340 e. The highest BCUT2D eigenvalue weighted by Gasteiger charge is 2.13. The normalized spacial score (nSPS) is 10.9. The lowest BCUT2D eigenvalue weighted by Crippen LogP contribution is -2.07. The van der Waals surface area contributed by atoms with E-state index in [1.54, 1.807) is 44.5 Å². The van der Waals surface area contributed by atoms with Crippen LogP contribution in [0.4, 0.5) is 5.69 Å². The number of hydrogen-bond acceptors (Lipinski definition) is 7. The SMILES string of the molecule is CCOC(=O)c1ccccc1N/C=C(/C#N)c1nc(-c2cccc(OC)c2)cs1. The quantitative estimate of drug-likeness (QED) is 0.441. The molecule has 0 saturated heterocycles. The van der Waals surface area contributed by atoms with E-state index in [2.05, 4.69) is 16.4 Å². The summed E-state index contributed by atoms with van der Waals surface area (Å²) in [7, 11) is 1.61. The molecule has 2 aromatic carbocycles. The van der Waals surface area contributed by atoms with Crippen LogP contribution < -0.4 is 10.1 Å². The lowest BCUT2D eigenvalue weighted by atomic mass is 10.1. The molecule has 1 aromatic heterocycles. The van der Waals surface area contributed by atoms with Crippen LogP contribution in [0.1, 0.15) is 22.3 Å². The molecule has 0 spiro atoms. The molecular formula is C22H19N3O3S. The van der Waals surface area contributed by atoms with Gasteiger partial charge in [0.25, 0.3) is 0 Å². The number of rotatable bonds is 7. The Morgan fingerprint density at radius 3 is 2.86 bits per heavy atom. The lowest BCUT2D eigenvalue weighted by molar-refractivity contribution is 0.0527. The van der Waals surface area contributed by atoms with Gasteiger partial charge in [0, 0.05) is 17.1 Å². The second-order valence-electron chi connectivity index (χ2n) is 5.85. The summed E-state index contributed by atoms with van der Waals surface area (Å²) in [4.78, 5) is 16.7.